The minimum absolute atomic E-state index is 0.0664. The van der Waals surface area contributed by atoms with Crippen LogP contribution in [0.2, 0.25) is 0 Å². The monoisotopic (exact) mass is 433 g/mol. The number of hydrogen-bond acceptors (Lipinski definition) is 3. The SMILES string of the molecule is Cc1cc(F)cc2c(=O)[nH]c(CCC(=O)N3CC=C(c4cc(C#N)ccc4F)CC3)cc12. The normalized spacial score (nSPS) is 13.7. The van der Waals surface area contributed by atoms with Crippen molar-refractivity contribution < 1.29 is 13.6 Å². The molecular formula is C25H21F2N3O2. The van der Waals surface area contributed by atoms with Crippen LogP contribution in [-0.2, 0) is 11.2 Å². The van der Waals surface area contributed by atoms with E-state index in [9.17, 15) is 18.4 Å². The number of halogens is 2. The Kier molecular flexibility index (Phi) is 5.87. The van der Waals surface area contributed by atoms with Crippen molar-refractivity contribution in [3.8, 4) is 6.07 Å². The summed E-state index contributed by atoms with van der Waals surface area (Å²) in [5, 5.41) is 10.0. The quantitative estimate of drug-likeness (QED) is 0.669. The van der Waals surface area contributed by atoms with Gasteiger partial charge in [0.05, 0.1) is 17.0 Å². The molecule has 0 saturated carbocycles. The number of carbonyl (C=O) groups excluding carboxylic acids is 1. The van der Waals surface area contributed by atoms with Crippen LogP contribution in [0.4, 0.5) is 8.78 Å². The van der Waals surface area contributed by atoms with Crippen molar-refractivity contribution in [1.29, 1.82) is 5.26 Å². The lowest BCUT2D eigenvalue weighted by Crippen LogP contribution is -2.35. The highest BCUT2D eigenvalue weighted by Crippen LogP contribution is 2.26. The van der Waals surface area contributed by atoms with Crippen molar-refractivity contribution in [3.05, 3.63) is 86.8 Å². The Balaban J connectivity index is 1.44. The van der Waals surface area contributed by atoms with Gasteiger partial charge >= 0.3 is 0 Å². The molecule has 7 heteroatoms. The standard InChI is InChI=1S/C25H21F2N3O2/c1-15-10-18(26)12-22-20(15)13-19(29-25(22)32)3-5-24(31)30-8-6-17(7-9-30)21-11-16(14-28)2-4-23(21)27/h2,4,6,10-13H,3,5,7-9H2,1H3,(H,29,32). The van der Waals surface area contributed by atoms with Crippen LogP contribution >= 0.6 is 0 Å². The van der Waals surface area contributed by atoms with Crippen molar-refractivity contribution in [3.63, 3.8) is 0 Å². The Bertz CT molecular complexity index is 1350. The highest BCUT2D eigenvalue weighted by atomic mass is 19.1. The molecule has 1 aliphatic rings. The van der Waals surface area contributed by atoms with Crippen LogP contribution in [-0.4, -0.2) is 28.9 Å². The highest BCUT2D eigenvalue weighted by Gasteiger charge is 2.20. The summed E-state index contributed by atoms with van der Waals surface area (Å²) in [6.07, 6.45) is 2.88. The maximum absolute atomic E-state index is 14.2. The van der Waals surface area contributed by atoms with Gasteiger partial charge in [0, 0.05) is 30.8 Å². The van der Waals surface area contributed by atoms with E-state index in [0.717, 1.165) is 5.57 Å². The summed E-state index contributed by atoms with van der Waals surface area (Å²) in [4.78, 5) is 29.4. The van der Waals surface area contributed by atoms with Gasteiger partial charge in [-0.2, -0.15) is 5.26 Å². The Morgan fingerprint density at radius 2 is 2.00 bits per heavy atom. The number of H-pyrrole nitrogens is 1. The second-order valence-corrected chi connectivity index (χ2v) is 7.93. The number of carbonyl (C=O) groups is 1. The Hall–Kier alpha value is -3.79. The van der Waals surface area contributed by atoms with Gasteiger partial charge in [-0.1, -0.05) is 6.08 Å². The van der Waals surface area contributed by atoms with E-state index < -0.39 is 5.82 Å². The number of amides is 1. The van der Waals surface area contributed by atoms with E-state index in [-0.39, 0.29) is 23.7 Å². The molecule has 0 saturated heterocycles. The number of aromatic nitrogens is 1. The predicted molar refractivity (Wildman–Crippen MR) is 118 cm³/mol. The molecule has 162 valence electrons. The van der Waals surface area contributed by atoms with Crippen LogP contribution in [0.15, 0.2) is 47.3 Å². The number of fused-ring (bicyclic) bond motifs is 1. The number of hydrogen-bond donors (Lipinski definition) is 1. The molecule has 1 N–H and O–H groups in total. The van der Waals surface area contributed by atoms with Crippen LogP contribution in [0.3, 0.4) is 0 Å². The first-order valence-corrected chi connectivity index (χ1v) is 10.3. The molecule has 32 heavy (non-hydrogen) atoms. The summed E-state index contributed by atoms with van der Waals surface area (Å²) in [6.45, 7) is 2.55. The maximum atomic E-state index is 14.2. The third kappa shape index (κ3) is 4.30. The van der Waals surface area contributed by atoms with Gasteiger partial charge in [-0.3, -0.25) is 9.59 Å². The molecule has 1 aliphatic heterocycles. The zero-order chi connectivity index (χ0) is 22.8. The van der Waals surface area contributed by atoms with E-state index in [0.29, 0.717) is 59.1 Å². The second kappa shape index (κ2) is 8.75. The lowest BCUT2D eigenvalue weighted by Gasteiger charge is -2.27. The molecule has 0 spiro atoms. The first-order chi connectivity index (χ1) is 15.4. The van der Waals surface area contributed by atoms with Crippen LogP contribution in [0, 0.1) is 29.9 Å². The fraction of sp³-hybridized carbons (Fsp3) is 0.240. The molecular weight excluding hydrogens is 412 g/mol. The van der Waals surface area contributed by atoms with E-state index in [2.05, 4.69) is 4.98 Å². The summed E-state index contributed by atoms with van der Waals surface area (Å²) >= 11 is 0. The van der Waals surface area contributed by atoms with Gasteiger partial charge in [-0.15, -0.1) is 0 Å². The van der Waals surface area contributed by atoms with Crippen molar-refractivity contribution in [2.45, 2.75) is 26.2 Å². The summed E-state index contributed by atoms with van der Waals surface area (Å²) in [5.41, 5.74) is 2.49. The van der Waals surface area contributed by atoms with Crippen molar-refractivity contribution in [2.24, 2.45) is 0 Å². The van der Waals surface area contributed by atoms with E-state index >= 15 is 0 Å². The van der Waals surface area contributed by atoms with Gasteiger partial charge in [0.25, 0.3) is 5.56 Å². The maximum Gasteiger partial charge on any atom is 0.256 e. The lowest BCUT2D eigenvalue weighted by molar-refractivity contribution is -0.130. The van der Waals surface area contributed by atoms with E-state index in [4.69, 9.17) is 5.26 Å². The average Bonchev–Trinajstić information content (AvgIpc) is 2.78. The summed E-state index contributed by atoms with van der Waals surface area (Å²) in [6, 6.07) is 10.6. The molecule has 0 fully saturated rings. The van der Waals surface area contributed by atoms with Crippen LogP contribution in [0.1, 0.15) is 35.2 Å². The summed E-state index contributed by atoms with van der Waals surface area (Å²) in [7, 11) is 0. The molecule has 4 rings (SSSR count). The topological polar surface area (TPSA) is 77.0 Å². The fourth-order valence-electron chi connectivity index (χ4n) is 4.07. The molecule has 0 bridgehead atoms. The average molecular weight is 433 g/mol. The number of pyridine rings is 1. The number of aryl methyl sites for hydroxylation is 2. The highest BCUT2D eigenvalue weighted by molar-refractivity contribution is 5.85. The summed E-state index contributed by atoms with van der Waals surface area (Å²) in [5.74, 6) is -0.908. The predicted octanol–water partition coefficient (Wildman–Crippen LogP) is 4.23. The van der Waals surface area contributed by atoms with E-state index in [1.54, 1.807) is 17.9 Å². The minimum atomic E-state index is -0.458. The number of nitrogens with zero attached hydrogens (tertiary/aromatic N) is 2. The van der Waals surface area contributed by atoms with Crippen LogP contribution in [0.5, 0.6) is 0 Å². The fourth-order valence-corrected chi connectivity index (χ4v) is 4.07. The molecule has 2 heterocycles. The molecule has 1 aromatic heterocycles. The zero-order valence-electron chi connectivity index (χ0n) is 17.5. The number of rotatable bonds is 4. The Morgan fingerprint density at radius 3 is 2.72 bits per heavy atom. The number of aromatic amines is 1. The van der Waals surface area contributed by atoms with E-state index in [1.807, 2.05) is 12.1 Å². The van der Waals surface area contributed by atoms with Gasteiger partial charge in [0.15, 0.2) is 0 Å². The van der Waals surface area contributed by atoms with E-state index in [1.165, 1.54) is 30.3 Å². The van der Waals surface area contributed by atoms with Gasteiger partial charge in [-0.25, -0.2) is 8.78 Å². The number of nitriles is 1. The Labute approximate surface area is 183 Å². The van der Waals surface area contributed by atoms with Gasteiger partial charge in [0.1, 0.15) is 11.6 Å². The first kappa shape index (κ1) is 21.4. The van der Waals surface area contributed by atoms with Crippen LogP contribution in [0.25, 0.3) is 16.3 Å². The molecule has 2 aromatic carbocycles. The largest absolute Gasteiger partial charge is 0.339 e. The smallest absolute Gasteiger partial charge is 0.256 e. The molecule has 0 unspecified atom stereocenters. The molecule has 3 aromatic rings. The van der Waals surface area contributed by atoms with Gasteiger partial charge in [0.2, 0.25) is 5.91 Å². The lowest BCUT2D eigenvalue weighted by atomic mass is 9.97. The molecule has 5 nitrogen and oxygen atoms in total. The summed E-state index contributed by atoms with van der Waals surface area (Å²) < 4.78 is 27.8. The van der Waals surface area contributed by atoms with Crippen molar-refractivity contribution in [2.75, 3.05) is 13.1 Å². The number of nitrogens with one attached hydrogen (secondary N) is 1. The molecule has 0 atom stereocenters. The van der Waals surface area contributed by atoms with Crippen molar-refractivity contribution in [1.82, 2.24) is 9.88 Å². The second-order valence-electron chi connectivity index (χ2n) is 7.93. The van der Waals surface area contributed by atoms with Gasteiger partial charge in [-0.05, 0) is 72.7 Å². The number of benzene rings is 2. The molecule has 0 radical (unpaired) electrons. The molecule has 0 aliphatic carbocycles. The minimum Gasteiger partial charge on any atom is -0.339 e. The third-order valence-electron chi connectivity index (χ3n) is 5.80. The third-order valence-corrected chi connectivity index (χ3v) is 5.80. The zero-order valence-corrected chi connectivity index (χ0v) is 17.5. The first-order valence-electron chi connectivity index (χ1n) is 10.3. The molecule has 1 amide bonds. The van der Waals surface area contributed by atoms with Crippen LogP contribution < -0.4 is 5.56 Å². The van der Waals surface area contributed by atoms with Gasteiger partial charge < -0.3 is 9.88 Å². The Morgan fingerprint density at radius 1 is 1.19 bits per heavy atom. The van der Waals surface area contributed by atoms with Crippen molar-refractivity contribution >= 4 is 22.3 Å².